The van der Waals surface area contributed by atoms with E-state index in [1.54, 1.807) is 31.2 Å². The van der Waals surface area contributed by atoms with Crippen LogP contribution in [-0.2, 0) is 24.4 Å². The van der Waals surface area contributed by atoms with Gasteiger partial charge in [-0.2, -0.15) is 0 Å². The molecule has 1 aromatic heterocycles. The third kappa shape index (κ3) is 8.17. The average molecular weight is 852 g/mol. The van der Waals surface area contributed by atoms with Crippen molar-refractivity contribution in [3.8, 4) is 11.6 Å². The lowest BCUT2D eigenvalue weighted by molar-refractivity contribution is -0.149. The molecule has 7 atom stereocenters. The maximum Gasteiger partial charge on any atom is 0.408 e. The highest BCUT2D eigenvalue weighted by Gasteiger charge is 2.63. The van der Waals surface area contributed by atoms with E-state index in [4.69, 9.17) is 21.1 Å². The molecule has 4 aliphatic rings. The van der Waals surface area contributed by atoms with Gasteiger partial charge in [0, 0.05) is 23.9 Å². The normalized spacial score (nSPS) is 28.8. The first-order chi connectivity index (χ1) is 27.2. The Morgan fingerprint density at radius 2 is 1.93 bits per heavy atom. The molecular formula is C40H52ClF2N5O9S. The van der Waals surface area contributed by atoms with Crippen LogP contribution in [0.15, 0.2) is 36.5 Å². The molecule has 2 aromatic rings. The molecule has 2 aliphatic carbocycles. The van der Waals surface area contributed by atoms with Crippen LogP contribution in [0, 0.1) is 17.8 Å². The van der Waals surface area contributed by atoms with Crippen molar-refractivity contribution in [3.05, 3.63) is 41.6 Å². The van der Waals surface area contributed by atoms with Crippen LogP contribution in [0.5, 0.6) is 11.6 Å². The molecule has 3 heterocycles. The van der Waals surface area contributed by atoms with Crippen molar-refractivity contribution in [1.29, 1.82) is 0 Å². The van der Waals surface area contributed by atoms with E-state index in [0.717, 1.165) is 18.7 Å². The van der Waals surface area contributed by atoms with Gasteiger partial charge >= 0.3 is 6.09 Å². The zero-order chi connectivity index (χ0) is 42.5. The van der Waals surface area contributed by atoms with Crippen molar-refractivity contribution < 1.29 is 51.0 Å². The van der Waals surface area contributed by atoms with E-state index < -0.39 is 86.1 Å². The van der Waals surface area contributed by atoms with Gasteiger partial charge in [0.1, 0.15) is 35.0 Å². The second-order valence-corrected chi connectivity index (χ2v) is 19.6. The number of sulfonamides is 1. The molecule has 1 saturated heterocycles. The zero-order valence-electron chi connectivity index (χ0n) is 33.5. The zero-order valence-corrected chi connectivity index (χ0v) is 35.0. The maximum absolute atomic E-state index is 15.2. The number of ether oxygens (including phenoxy) is 2. The fourth-order valence-corrected chi connectivity index (χ4v) is 9.87. The van der Waals surface area contributed by atoms with E-state index in [1.807, 2.05) is 13.0 Å². The lowest BCUT2D eigenvalue weighted by atomic mass is 9.82. The van der Waals surface area contributed by atoms with Gasteiger partial charge in [0.2, 0.25) is 27.7 Å². The van der Waals surface area contributed by atoms with Gasteiger partial charge in [-0.3, -0.25) is 24.0 Å². The lowest BCUT2D eigenvalue weighted by Gasteiger charge is -2.45. The summed E-state index contributed by atoms with van der Waals surface area (Å²) in [5.41, 5.74) is -3.99. The predicted molar refractivity (Wildman–Crippen MR) is 211 cm³/mol. The molecule has 4 amide bonds. The maximum atomic E-state index is 15.2. The van der Waals surface area contributed by atoms with Gasteiger partial charge in [-0.1, -0.05) is 44.0 Å². The number of amides is 4. The van der Waals surface area contributed by atoms with Crippen molar-refractivity contribution in [2.24, 2.45) is 17.8 Å². The highest BCUT2D eigenvalue weighted by molar-refractivity contribution is 7.91. The first-order valence-corrected chi connectivity index (χ1v) is 21.5. The number of carboxylic acid groups (broad SMARTS) is 1. The van der Waals surface area contributed by atoms with Gasteiger partial charge in [-0.15, -0.1) is 0 Å². The second-order valence-electron chi connectivity index (χ2n) is 17.0. The summed E-state index contributed by atoms with van der Waals surface area (Å²) in [7, 11) is -2.62. The summed E-state index contributed by atoms with van der Waals surface area (Å²) < 4.78 is 68.8. The summed E-state index contributed by atoms with van der Waals surface area (Å²) in [5.74, 6) is -3.46. The van der Waals surface area contributed by atoms with Crippen molar-refractivity contribution >= 4 is 56.2 Å². The Hall–Kier alpha value is -4.25. The van der Waals surface area contributed by atoms with E-state index in [2.05, 4.69) is 15.0 Å². The number of halogens is 3. The van der Waals surface area contributed by atoms with Crippen LogP contribution in [0.25, 0.3) is 10.8 Å². The number of hydrogen-bond donors (Lipinski definition) is 3. The summed E-state index contributed by atoms with van der Waals surface area (Å²) in [6, 6.07) is 1.98. The van der Waals surface area contributed by atoms with Crippen LogP contribution in [0.3, 0.4) is 0 Å². The molecule has 14 nitrogen and oxygen atoms in total. The number of rotatable bonds is 10. The third-order valence-electron chi connectivity index (χ3n) is 12.5. The first kappa shape index (κ1) is 43.3. The Morgan fingerprint density at radius 3 is 2.55 bits per heavy atom. The average Bonchev–Trinajstić information content (AvgIpc) is 4.04. The Bertz CT molecular complexity index is 2100. The van der Waals surface area contributed by atoms with Crippen molar-refractivity contribution in [2.75, 3.05) is 13.7 Å². The quantitative estimate of drug-likeness (QED) is 0.243. The second kappa shape index (κ2) is 16.1. The largest absolute Gasteiger partial charge is 0.495 e. The Kier molecular flexibility index (Phi) is 12.0. The number of carbonyl (C=O) groups excluding carboxylic acids is 3. The third-order valence-corrected chi connectivity index (χ3v) is 14.9. The number of nitrogens with one attached hydrogen (secondary N) is 2. The van der Waals surface area contributed by atoms with E-state index in [0.29, 0.717) is 53.5 Å². The highest BCUT2D eigenvalue weighted by Crippen LogP contribution is 2.48. The minimum atomic E-state index is -4.09. The van der Waals surface area contributed by atoms with E-state index in [1.165, 1.54) is 20.2 Å². The molecule has 3 N–H and O–H groups in total. The Morgan fingerprint density at radius 1 is 1.22 bits per heavy atom. The van der Waals surface area contributed by atoms with Gasteiger partial charge in [0.15, 0.2) is 0 Å². The standard InChI is InChI=1S/C40H52ClF2N5O9S/c1-7-23-16-22(2)10-8-9-11-25-20-40(25,36(51)46-58(54,55)39(5)13-14-39)45-32(49)29-18-26(57-33-27-19-28(41)30(56-6)17-24(27)12-15-44-33)21-47(29)34(50)31(23)48(37(52)53)38(3,4)35(42)43/h9,11-12,15,17,19,22-23,25-26,29,31,35H,7-8,10,13-14,16,18,20-21H2,1-6H3,(H,45,49)(H,46,51)(H,52,53)/t22-,23-,25-,26-,29+,31+,40-/m1/s1. The number of alkyl halides is 2. The summed E-state index contributed by atoms with van der Waals surface area (Å²) in [4.78, 5) is 62.9. The number of hydrogen-bond acceptors (Lipinski definition) is 9. The van der Waals surface area contributed by atoms with Crippen molar-refractivity contribution in [1.82, 2.24) is 24.8 Å². The van der Waals surface area contributed by atoms with Crippen LogP contribution in [0.2, 0.25) is 5.02 Å². The molecule has 1 aromatic carbocycles. The number of nitrogens with zero attached hydrogens (tertiary/aromatic N) is 3. The smallest absolute Gasteiger partial charge is 0.408 e. The summed E-state index contributed by atoms with van der Waals surface area (Å²) in [6.07, 6.45) is 1.64. The minimum absolute atomic E-state index is 0.0868. The number of aromatic nitrogens is 1. The molecule has 0 radical (unpaired) electrons. The van der Waals surface area contributed by atoms with Gasteiger partial charge in [-0.25, -0.2) is 27.0 Å². The van der Waals surface area contributed by atoms with Crippen molar-refractivity contribution in [3.63, 3.8) is 0 Å². The van der Waals surface area contributed by atoms with Crippen LogP contribution < -0.4 is 19.5 Å². The van der Waals surface area contributed by atoms with E-state index in [9.17, 15) is 36.7 Å². The monoisotopic (exact) mass is 851 g/mol. The predicted octanol–water partition coefficient (Wildman–Crippen LogP) is 5.91. The summed E-state index contributed by atoms with van der Waals surface area (Å²) >= 11 is 6.45. The topological polar surface area (TPSA) is 185 Å². The van der Waals surface area contributed by atoms with Gasteiger partial charge < -0.3 is 24.8 Å². The molecule has 0 bridgehead atoms. The molecular weight excluding hydrogens is 800 g/mol. The summed E-state index contributed by atoms with van der Waals surface area (Å²) in [5, 5.41) is 14.8. The molecule has 318 valence electrons. The number of fused-ring (bicyclic) bond motifs is 3. The van der Waals surface area contributed by atoms with Crippen LogP contribution >= 0.6 is 11.6 Å². The van der Waals surface area contributed by atoms with Crippen LogP contribution in [0.1, 0.15) is 86.0 Å². The van der Waals surface area contributed by atoms with Crippen molar-refractivity contribution in [2.45, 2.75) is 126 Å². The number of pyridine rings is 1. The minimum Gasteiger partial charge on any atom is -0.495 e. The highest BCUT2D eigenvalue weighted by atomic mass is 35.5. The Balaban J connectivity index is 1.43. The van der Waals surface area contributed by atoms with Gasteiger partial charge in [-0.05, 0) is 94.7 Å². The molecule has 6 rings (SSSR count). The SMILES string of the molecule is CC[C@@H]1C[C@H](C)CCC=C[C@@H]2C[C@@]2(C(=O)NS(=O)(=O)C2(C)CC2)NC(=O)[C@@H]2C[C@@H](Oc3nccc4cc(OC)c(Cl)cc34)CN2C(=O)[C@H]1N(C(=O)O)C(C)(C)C(F)F. The summed E-state index contributed by atoms with van der Waals surface area (Å²) in [6.45, 7) is 7.08. The first-order valence-electron chi connectivity index (χ1n) is 19.6. The molecule has 2 saturated carbocycles. The number of allylic oxidation sites excluding steroid dienone is 1. The lowest BCUT2D eigenvalue weighted by Crippen LogP contribution is -2.65. The number of carbonyl (C=O) groups is 4. The van der Waals surface area contributed by atoms with Crippen LogP contribution in [0.4, 0.5) is 13.6 Å². The molecule has 2 aliphatic heterocycles. The Labute approximate surface area is 342 Å². The van der Waals surface area contributed by atoms with Gasteiger partial charge in [0.25, 0.3) is 12.3 Å². The molecule has 18 heteroatoms. The van der Waals surface area contributed by atoms with Gasteiger partial charge in [0.05, 0.1) is 23.4 Å². The van der Waals surface area contributed by atoms with Crippen LogP contribution in [-0.4, -0.2) is 106 Å². The van der Waals surface area contributed by atoms with E-state index >= 15 is 4.79 Å². The molecule has 0 spiro atoms. The number of methoxy groups -OCH3 is 1. The molecule has 3 fully saturated rings. The molecule has 0 unspecified atom stereocenters. The fraction of sp³-hybridized carbons (Fsp3) is 0.625. The fourth-order valence-electron chi connectivity index (χ4n) is 8.31. The number of benzene rings is 1. The van der Waals surface area contributed by atoms with E-state index in [-0.39, 0.29) is 42.6 Å². The molecule has 58 heavy (non-hydrogen) atoms.